The van der Waals surface area contributed by atoms with Crippen LogP contribution in [0.3, 0.4) is 0 Å². The number of carbonyl (C=O) groups is 1. The van der Waals surface area contributed by atoms with E-state index in [0.717, 1.165) is 12.1 Å². The molecule has 4 nitrogen and oxygen atoms in total. The largest absolute Gasteiger partial charge is 0.487 e. The Morgan fingerprint density at radius 3 is 2.28 bits per heavy atom. The fraction of sp³-hybridized carbons (Fsp3) is 0.364. The molecular weight excluding hydrogens is 266 g/mol. The highest BCUT2D eigenvalue weighted by molar-refractivity contribution is 7.91. The topological polar surface area (TPSA) is 60.4 Å². The molecule has 0 fully saturated rings. The van der Waals surface area contributed by atoms with E-state index >= 15 is 0 Å². The SMILES string of the molecule is CCS(=O)(=O)CCOc1c(F)cc(C=O)cc1F. The van der Waals surface area contributed by atoms with Crippen molar-refractivity contribution in [1.82, 2.24) is 0 Å². The molecule has 0 spiro atoms. The Hall–Kier alpha value is -1.50. The molecule has 0 radical (unpaired) electrons. The van der Waals surface area contributed by atoms with Crippen LogP contribution in [-0.2, 0) is 9.84 Å². The lowest BCUT2D eigenvalue weighted by Crippen LogP contribution is -2.16. The standard InChI is InChI=1S/C11H12F2O4S/c1-2-18(15,16)4-3-17-11-9(12)5-8(7-14)6-10(11)13/h5-7H,2-4H2,1H3. The van der Waals surface area contributed by atoms with E-state index in [1.165, 1.54) is 6.92 Å². The molecule has 0 atom stereocenters. The van der Waals surface area contributed by atoms with E-state index in [0.29, 0.717) is 6.29 Å². The second-order valence-electron chi connectivity index (χ2n) is 3.52. The minimum Gasteiger partial charge on any atom is -0.487 e. The number of hydrogen-bond acceptors (Lipinski definition) is 4. The van der Waals surface area contributed by atoms with Gasteiger partial charge in [0, 0.05) is 11.3 Å². The first-order valence-electron chi connectivity index (χ1n) is 5.17. The van der Waals surface area contributed by atoms with Gasteiger partial charge in [0.05, 0.1) is 5.75 Å². The van der Waals surface area contributed by atoms with Crippen LogP contribution >= 0.6 is 0 Å². The van der Waals surface area contributed by atoms with Gasteiger partial charge in [-0.3, -0.25) is 4.79 Å². The third kappa shape index (κ3) is 3.76. The molecule has 0 amide bonds. The summed E-state index contributed by atoms with van der Waals surface area (Å²) in [5.41, 5.74) is -0.154. The van der Waals surface area contributed by atoms with E-state index < -0.39 is 27.2 Å². The lowest BCUT2D eigenvalue weighted by atomic mass is 10.2. The summed E-state index contributed by atoms with van der Waals surface area (Å²) < 4.78 is 53.7. The molecule has 0 aliphatic heterocycles. The zero-order valence-corrected chi connectivity index (χ0v) is 10.5. The number of benzene rings is 1. The number of ether oxygens (including phenoxy) is 1. The Labute approximate surface area is 103 Å². The smallest absolute Gasteiger partial charge is 0.190 e. The first kappa shape index (κ1) is 14.6. The quantitative estimate of drug-likeness (QED) is 0.741. The minimum atomic E-state index is -3.25. The molecule has 0 unspecified atom stereocenters. The maximum atomic E-state index is 13.3. The molecule has 1 aromatic rings. The van der Waals surface area contributed by atoms with Crippen LogP contribution in [0.15, 0.2) is 12.1 Å². The van der Waals surface area contributed by atoms with E-state index in [-0.39, 0.29) is 23.7 Å². The van der Waals surface area contributed by atoms with Crippen LogP contribution in [0, 0.1) is 11.6 Å². The maximum Gasteiger partial charge on any atom is 0.190 e. The average Bonchev–Trinajstić information content (AvgIpc) is 2.32. The molecular formula is C11H12F2O4S. The van der Waals surface area contributed by atoms with E-state index in [1.807, 2.05) is 0 Å². The fourth-order valence-corrected chi connectivity index (χ4v) is 1.83. The van der Waals surface area contributed by atoms with Gasteiger partial charge in [0.15, 0.2) is 27.2 Å². The van der Waals surface area contributed by atoms with Crippen molar-refractivity contribution in [3.63, 3.8) is 0 Å². The number of rotatable bonds is 6. The van der Waals surface area contributed by atoms with Crippen LogP contribution in [0.25, 0.3) is 0 Å². The van der Waals surface area contributed by atoms with Crippen molar-refractivity contribution in [3.8, 4) is 5.75 Å². The van der Waals surface area contributed by atoms with Crippen molar-refractivity contribution in [3.05, 3.63) is 29.3 Å². The molecule has 1 aromatic carbocycles. The van der Waals surface area contributed by atoms with Gasteiger partial charge in [-0.1, -0.05) is 6.92 Å². The molecule has 0 aliphatic carbocycles. The van der Waals surface area contributed by atoms with Crippen LogP contribution in [0.1, 0.15) is 17.3 Å². The highest BCUT2D eigenvalue weighted by Gasteiger charge is 2.14. The van der Waals surface area contributed by atoms with Gasteiger partial charge >= 0.3 is 0 Å². The summed E-state index contributed by atoms with van der Waals surface area (Å²) in [4.78, 5) is 10.4. The van der Waals surface area contributed by atoms with Crippen molar-refractivity contribution in [2.24, 2.45) is 0 Å². The summed E-state index contributed by atoms with van der Waals surface area (Å²) in [6.07, 6.45) is 0.303. The van der Waals surface area contributed by atoms with E-state index in [9.17, 15) is 22.0 Å². The molecule has 0 heterocycles. The second-order valence-corrected chi connectivity index (χ2v) is 5.99. The number of hydrogen-bond donors (Lipinski definition) is 0. The Balaban J connectivity index is 2.77. The highest BCUT2D eigenvalue weighted by atomic mass is 32.2. The Kier molecular flexibility index (Phi) is 4.77. The lowest BCUT2D eigenvalue weighted by Gasteiger charge is -2.08. The summed E-state index contributed by atoms with van der Waals surface area (Å²) in [6, 6.07) is 1.64. The van der Waals surface area contributed by atoms with Crippen LogP contribution in [-0.4, -0.2) is 32.8 Å². The zero-order valence-electron chi connectivity index (χ0n) is 9.65. The summed E-state index contributed by atoms with van der Waals surface area (Å²) in [7, 11) is -3.25. The molecule has 0 N–H and O–H groups in total. The second kappa shape index (κ2) is 5.90. The number of halogens is 2. The van der Waals surface area contributed by atoms with Gasteiger partial charge in [-0.2, -0.15) is 0 Å². The summed E-state index contributed by atoms with van der Waals surface area (Å²) in [6.45, 7) is 1.12. The Morgan fingerprint density at radius 1 is 1.28 bits per heavy atom. The Morgan fingerprint density at radius 2 is 1.83 bits per heavy atom. The average molecular weight is 278 g/mol. The molecule has 0 bridgehead atoms. The molecule has 0 aliphatic rings. The molecule has 0 saturated carbocycles. The summed E-state index contributed by atoms with van der Waals surface area (Å²) >= 11 is 0. The van der Waals surface area contributed by atoms with Crippen LogP contribution in [0.2, 0.25) is 0 Å². The predicted molar refractivity (Wildman–Crippen MR) is 61.6 cm³/mol. The summed E-state index contributed by atoms with van der Waals surface area (Å²) in [5.74, 6) is -3.13. The van der Waals surface area contributed by atoms with Gasteiger partial charge in [0.2, 0.25) is 0 Å². The van der Waals surface area contributed by atoms with Crippen molar-refractivity contribution in [2.45, 2.75) is 6.92 Å². The number of aldehydes is 1. The van der Waals surface area contributed by atoms with Crippen molar-refractivity contribution in [1.29, 1.82) is 0 Å². The van der Waals surface area contributed by atoms with Crippen LogP contribution in [0.4, 0.5) is 8.78 Å². The van der Waals surface area contributed by atoms with Gasteiger partial charge in [-0.25, -0.2) is 17.2 Å². The monoisotopic (exact) mass is 278 g/mol. The van der Waals surface area contributed by atoms with E-state index in [4.69, 9.17) is 4.74 Å². The first-order valence-corrected chi connectivity index (χ1v) is 6.99. The van der Waals surface area contributed by atoms with Crippen molar-refractivity contribution in [2.75, 3.05) is 18.1 Å². The van der Waals surface area contributed by atoms with Gasteiger partial charge in [-0.05, 0) is 12.1 Å². The molecule has 1 rings (SSSR count). The van der Waals surface area contributed by atoms with E-state index in [2.05, 4.69) is 0 Å². The maximum absolute atomic E-state index is 13.3. The third-order valence-electron chi connectivity index (χ3n) is 2.24. The predicted octanol–water partition coefficient (Wildman–Crippen LogP) is 1.59. The first-order chi connectivity index (χ1) is 8.39. The van der Waals surface area contributed by atoms with Gasteiger partial charge in [-0.15, -0.1) is 0 Å². The van der Waals surface area contributed by atoms with Crippen molar-refractivity contribution >= 4 is 16.1 Å². The van der Waals surface area contributed by atoms with Crippen molar-refractivity contribution < 1.29 is 26.7 Å². The third-order valence-corrected chi connectivity index (χ3v) is 3.91. The lowest BCUT2D eigenvalue weighted by molar-refractivity contribution is 0.112. The van der Waals surface area contributed by atoms with Crippen LogP contribution in [0.5, 0.6) is 5.75 Å². The molecule has 18 heavy (non-hydrogen) atoms. The van der Waals surface area contributed by atoms with E-state index in [1.54, 1.807) is 0 Å². The van der Waals surface area contributed by atoms with Gasteiger partial charge in [0.1, 0.15) is 12.9 Å². The highest BCUT2D eigenvalue weighted by Crippen LogP contribution is 2.22. The number of carbonyl (C=O) groups excluding carboxylic acids is 1. The fourth-order valence-electron chi connectivity index (χ4n) is 1.20. The number of sulfone groups is 1. The molecule has 0 aromatic heterocycles. The summed E-state index contributed by atoms with van der Waals surface area (Å²) in [5, 5.41) is 0. The molecule has 7 heteroatoms. The Bertz CT molecular complexity index is 517. The normalized spacial score (nSPS) is 11.3. The minimum absolute atomic E-state index is 0.0641. The molecule has 0 saturated heterocycles. The van der Waals surface area contributed by atoms with Gasteiger partial charge < -0.3 is 4.74 Å². The van der Waals surface area contributed by atoms with Gasteiger partial charge in [0.25, 0.3) is 0 Å². The molecule has 100 valence electrons. The zero-order chi connectivity index (χ0) is 13.8. The van der Waals surface area contributed by atoms with Crippen LogP contribution < -0.4 is 4.74 Å².